The number of esters is 2. The molecule has 0 saturated heterocycles. The van der Waals surface area contributed by atoms with Crippen LogP contribution in [0.15, 0.2) is 24.3 Å². The number of nitrogens with one attached hydrogen (secondary N) is 2. The Hall–Kier alpha value is -3.28. The fourth-order valence-corrected chi connectivity index (χ4v) is 4.77. The van der Waals surface area contributed by atoms with Crippen molar-refractivity contribution in [3.8, 4) is 22.5 Å². The third-order valence-corrected chi connectivity index (χ3v) is 6.27. The first-order chi connectivity index (χ1) is 16.4. The van der Waals surface area contributed by atoms with Crippen LogP contribution < -0.4 is 0 Å². The molecule has 0 aliphatic heterocycles. The SMILES string of the molecule is CCOC(=O)c1[nH]c(-c2ccc(-c3[nH]c(C(=O)OCC)c(CC)c3CC)cc2)c(CC)c1CC. The topological polar surface area (TPSA) is 84.2 Å². The summed E-state index contributed by atoms with van der Waals surface area (Å²) < 4.78 is 10.5. The zero-order valence-corrected chi connectivity index (χ0v) is 21.2. The minimum Gasteiger partial charge on any atom is -0.461 e. The van der Waals surface area contributed by atoms with Gasteiger partial charge in [-0.15, -0.1) is 0 Å². The summed E-state index contributed by atoms with van der Waals surface area (Å²) in [5.41, 5.74) is 9.35. The van der Waals surface area contributed by atoms with Gasteiger partial charge in [0.05, 0.1) is 13.2 Å². The fourth-order valence-electron chi connectivity index (χ4n) is 4.77. The van der Waals surface area contributed by atoms with Crippen molar-refractivity contribution in [3.05, 3.63) is 57.9 Å². The highest BCUT2D eigenvalue weighted by Crippen LogP contribution is 2.34. The van der Waals surface area contributed by atoms with Gasteiger partial charge in [0.25, 0.3) is 0 Å². The molecule has 0 saturated carbocycles. The molecule has 2 aromatic heterocycles. The van der Waals surface area contributed by atoms with E-state index in [9.17, 15) is 9.59 Å². The maximum atomic E-state index is 12.5. The van der Waals surface area contributed by atoms with E-state index in [4.69, 9.17) is 9.47 Å². The van der Waals surface area contributed by atoms with Crippen LogP contribution in [0.1, 0.15) is 84.8 Å². The van der Waals surface area contributed by atoms with Crippen molar-refractivity contribution in [2.45, 2.75) is 67.2 Å². The second-order valence-electron chi connectivity index (χ2n) is 8.10. The van der Waals surface area contributed by atoms with Crippen LogP contribution in [0.4, 0.5) is 0 Å². The molecule has 0 aliphatic rings. The first-order valence-corrected chi connectivity index (χ1v) is 12.4. The largest absolute Gasteiger partial charge is 0.461 e. The highest BCUT2D eigenvalue weighted by molar-refractivity contribution is 5.93. The molecule has 0 amide bonds. The van der Waals surface area contributed by atoms with Crippen molar-refractivity contribution < 1.29 is 19.1 Å². The molecule has 0 radical (unpaired) electrons. The van der Waals surface area contributed by atoms with Crippen LogP contribution in [0.25, 0.3) is 22.5 Å². The summed E-state index contributed by atoms with van der Waals surface area (Å²) in [6, 6.07) is 8.24. The molecule has 34 heavy (non-hydrogen) atoms. The smallest absolute Gasteiger partial charge is 0.355 e. The third-order valence-electron chi connectivity index (χ3n) is 6.27. The molecule has 2 N–H and O–H groups in total. The molecule has 182 valence electrons. The Morgan fingerprint density at radius 2 is 0.912 bits per heavy atom. The van der Waals surface area contributed by atoms with Gasteiger partial charge in [-0.3, -0.25) is 0 Å². The van der Waals surface area contributed by atoms with Gasteiger partial charge in [0.1, 0.15) is 11.4 Å². The zero-order valence-electron chi connectivity index (χ0n) is 21.2. The summed E-state index contributed by atoms with van der Waals surface area (Å²) in [6.45, 7) is 12.6. The monoisotopic (exact) mass is 464 g/mol. The van der Waals surface area contributed by atoms with Gasteiger partial charge >= 0.3 is 11.9 Å². The van der Waals surface area contributed by atoms with E-state index in [-0.39, 0.29) is 11.9 Å². The van der Waals surface area contributed by atoms with Crippen LogP contribution in [-0.4, -0.2) is 35.1 Å². The second-order valence-corrected chi connectivity index (χ2v) is 8.10. The van der Waals surface area contributed by atoms with E-state index >= 15 is 0 Å². The van der Waals surface area contributed by atoms with E-state index < -0.39 is 0 Å². The van der Waals surface area contributed by atoms with Gasteiger partial charge in [-0.1, -0.05) is 52.0 Å². The van der Waals surface area contributed by atoms with Crippen LogP contribution in [0.2, 0.25) is 0 Å². The average Bonchev–Trinajstić information content (AvgIpc) is 3.42. The number of aromatic nitrogens is 2. The molecule has 0 fully saturated rings. The quantitative estimate of drug-likeness (QED) is 0.346. The maximum Gasteiger partial charge on any atom is 0.355 e. The van der Waals surface area contributed by atoms with E-state index in [1.54, 1.807) is 0 Å². The Labute approximate surface area is 202 Å². The Morgan fingerprint density at radius 1 is 0.588 bits per heavy atom. The lowest BCUT2D eigenvalue weighted by atomic mass is 9.97. The highest BCUT2D eigenvalue weighted by atomic mass is 16.5. The minimum atomic E-state index is -0.311. The molecule has 0 aliphatic carbocycles. The summed E-state index contributed by atoms with van der Waals surface area (Å²) in [5, 5.41) is 0. The molecular formula is C28H36N2O4. The van der Waals surface area contributed by atoms with Gasteiger partial charge in [-0.2, -0.15) is 0 Å². The molecule has 2 heterocycles. The highest BCUT2D eigenvalue weighted by Gasteiger charge is 2.23. The predicted octanol–water partition coefficient (Wildman–Crippen LogP) is 6.28. The lowest BCUT2D eigenvalue weighted by Gasteiger charge is -2.07. The molecule has 6 heteroatoms. The number of hydrogen-bond acceptors (Lipinski definition) is 4. The number of H-pyrrole nitrogens is 2. The van der Waals surface area contributed by atoms with Gasteiger partial charge in [0.2, 0.25) is 0 Å². The number of benzene rings is 1. The van der Waals surface area contributed by atoms with Crippen LogP contribution in [0.5, 0.6) is 0 Å². The summed E-state index contributed by atoms with van der Waals surface area (Å²) in [5.74, 6) is -0.621. The van der Waals surface area contributed by atoms with Gasteiger partial charge in [0.15, 0.2) is 0 Å². The van der Waals surface area contributed by atoms with Crippen molar-refractivity contribution in [1.82, 2.24) is 9.97 Å². The van der Waals surface area contributed by atoms with Crippen molar-refractivity contribution in [2.24, 2.45) is 0 Å². The zero-order chi connectivity index (χ0) is 24.8. The molecule has 0 unspecified atom stereocenters. The van der Waals surface area contributed by atoms with Crippen molar-refractivity contribution in [2.75, 3.05) is 13.2 Å². The summed E-state index contributed by atoms with van der Waals surface area (Å²) >= 11 is 0. The molecular weight excluding hydrogens is 428 g/mol. The van der Waals surface area contributed by atoms with Crippen molar-refractivity contribution in [3.63, 3.8) is 0 Å². The molecule has 1 aromatic carbocycles. The number of ether oxygens (including phenoxy) is 2. The maximum absolute atomic E-state index is 12.5. The van der Waals surface area contributed by atoms with Gasteiger partial charge in [-0.25, -0.2) is 9.59 Å². The summed E-state index contributed by atoms with van der Waals surface area (Å²) in [7, 11) is 0. The van der Waals surface area contributed by atoms with Crippen molar-refractivity contribution >= 4 is 11.9 Å². The fraction of sp³-hybridized carbons (Fsp3) is 0.429. The van der Waals surface area contributed by atoms with Crippen LogP contribution in [0, 0.1) is 0 Å². The number of hydrogen-bond donors (Lipinski definition) is 2. The average molecular weight is 465 g/mol. The molecule has 0 spiro atoms. The van der Waals surface area contributed by atoms with Gasteiger partial charge in [-0.05, 0) is 72.9 Å². The van der Waals surface area contributed by atoms with Crippen LogP contribution >= 0.6 is 0 Å². The van der Waals surface area contributed by atoms with Crippen LogP contribution in [-0.2, 0) is 35.2 Å². The summed E-state index contributed by atoms with van der Waals surface area (Å²) in [6.07, 6.45) is 3.14. The molecule has 6 nitrogen and oxygen atoms in total. The second kappa shape index (κ2) is 11.2. The Morgan fingerprint density at radius 3 is 1.18 bits per heavy atom. The van der Waals surface area contributed by atoms with E-state index in [0.717, 1.165) is 70.5 Å². The molecule has 0 atom stereocenters. The summed E-state index contributed by atoms with van der Waals surface area (Å²) in [4.78, 5) is 31.7. The van der Waals surface area contributed by atoms with Gasteiger partial charge < -0.3 is 19.4 Å². The minimum absolute atomic E-state index is 0.311. The van der Waals surface area contributed by atoms with E-state index in [0.29, 0.717) is 24.6 Å². The van der Waals surface area contributed by atoms with E-state index in [2.05, 4.69) is 61.9 Å². The lowest BCUT2D eigenvalue weighted by Crippen LogP contribution is -2.08. The molecule has 3 rings (SSSR count). The Kier molecular flexibility index (Phi) is 8.37. The Bertz CT molecular complexity index is 1060. The van der Waals surface area contributed by atoms with E-state index in [1.165, 1.54) is 0 Å². The van der Waals surface area contributed by atoms with Gasteiger partial charge in [0, 0.05) is 11.4 Å². The number of rotatable bonds is 10. The number of aromatic amines is 2. The third kappa shape index (κ3) is 4.67. The first-order valence-electron chi connectivity index (χ1n) is 12.4. The number of carbonyl (C=O) groups excluding carboxylic acids is 2. The normalized spacial score (nSPS) is 11.0. The Balaban J connectivity index is 2.05. The molecule has 3 aromatic rings. The van der Waals surface area contributed by atoms with E-state index in [1.807, 2.05) is 13.8 Å². The first kappa shape index (κ1) is 25.3. The van der Waals surface area contributed by atoms with Crippen molar-refractivity contribution in [1.29, 1.82) is 0 Å². The predicted molar refractivity (Wildman–Crippen MR) is 135 cm³/mol. The number of carbonyl (C=O) groups is 2. The lowest BCUT2D eigenvalue weighted by molar-refractivity contribution is 0.0509. The van der Waals surface area contributed by atoms with Crippen LogP contribution in [0.3, 0.4) is 0 Å². The standard InChI is InChI=1S/C28H36N2O4/c1-7-19-21(9-3)25(27(31)33-11-5)29-23(19)17-13-15-18(16-14-17)24-20(8-2)22(10-4)26(30-24)28(32)34-12-6/h13-16,29-30H,7-12H2,1-6H3. The molecule has 0 bridgehead atoms.